The zero-order valence-electron chi connectivity index (χ0n) is 21.0. The number of aromatic hydroxyl groups is 1. The van der Waals surface area contributed by atoms with E-state index in [1.807, 2.05) is 6.07 Å². The number of ether oxygens (including phenoxy) is 4. The predicted octanol–water partition coefficient (Wildman–Crippen LogP) is 3.69. The molecule has 3 heterocycles. The van der Waals surface area contributed by atoms with Crippen LogP contribution in [-0.2, 0) is 24.2 Å². The maximum atomic E-state index is 13.0. The molecule has 3 aliphatic rings. The van der Waals surface area contributed by atoms with Crippen molar-refractivity contribution in [1.29, 1.82) is 0 Å². The van der Waals surface area contributed by atoms with Gasteiger partial charge < -0.3 is 29.4 Å². The van der Waals surface area contributed by atoms with Gasteiger partial charge in [-0.2, -0.15) is 0 Å². The largest absolute Gasteiger partial charge is 0.508 e. The summed E-state index contributed by atoms with van der Waals surface area (Å²) in [6.45, 7) is 2.32. The van der Waals surface area contributed by atoms with Crippen LogP contribution >= 0.6 is 0 Å². The van der Waals surface area contributed by atoms with Gasteiger partial charge in [-0.1, -0.05) is 18.2 Å². The Kier molecular flexibility index (Phi) is 6.04. The van der Waals surface area contributed by atoms with E-state index in [-0.39, 0.29) is 36.8 Å². The molecule has 0 aliphatic carbocycles. The van der Waals surface area contributed by atoms with Crippen LogP contribution in [-0.4, -0.2) is 50.0 Å². The number of benzene rings is 3. The van der Waals surface area contributed by atoms with Gasteiger partial charge in [0.1, 0.15) is 5.75 Å². The van der Waals surface area contributed by atoms with Crippen molar-refractivity contribution >= 4 is 5.91 Å². The van der Waals surface area contributed by atoms with Crippen molar-refractivity contribution < 1.29 is 28.8 Å². The molecule has 0 saturated carbocycles. The molecule has 2 unspecified atom stereocenters. The van der Waals surface area contributed by atoms with Gasteiger partial charge in [0, 0.05) is 37.2 Å². The number of phenolic OH excluding ortho intramolecular Hbond substituents is 1. The van der Waals surface area contributed by atoms with Crippen molar-refractivity contribution in [3.05, 3.63) is 76.3 Å². The molecule has 0 aromatic heterocycles. The monoisotopic (exact) mass is 502 g/mol. The number of methoxy groups -OCH3 is 2. The number of rotatable bonds is 6. The SMILES string of the molecule is COc1ccc2c(c1OC)CN1CCc3cc4c(cc3C1C2CNC(=O)Cc1ccc(O)cc1)OCO4. The number of hydrogen-bond acceptors (Lipinski definition) is 7. The van der Waals surface area contributed by atoms with Crippen molar-refractivity contribution in [1.82, 2.24) is 10.2 Å². The summed E-state index contributed by atoms with van der Waals surface area (Å²) in [5.41, 5.74) is 5.57. The molecule has 192 valence electrons. The standard InChI is InChI=1S/C29H30N2O6/c1-34-24-8-7-20-22(14-30-27(33)11-17-3-5-19(32)6-4-17)28-21-13-26-25(36-16-37-26)12-18(21)9-10-31(28)15-23(20)29(24)35-2/h3-8,12-13,22,28,32H,9-11,14-16H2,1-2H3,(H,30,33). The highest BCUT2D eigenvalue weighted by atomic mass is 16.7. The number of fused-ring (bicyclic) bond motifs is 5. The van der Waals surface area contributed by atoms with E-state index in [1.54, 1.807) is 38.5 Å². The highest BCUT2D eigenvalue weighted by Crippen LogP contribution is 2.51. The van der Waals surface area contributed by atoms with Gasteiger partial charge in [-0.15, -0.1) is 0 Å². The zero-order chi connectivity index (χ0) is 25.5. The van der Waals surface area contributed by atoms with Crippen LogP contribution in [0.1, 0.15) is 39.8 Å². The summed E-state index contributed by atoms with van der Waals surface area (Å²) in [4.78, 5) is 15.4. The summed E-state index contributed by atoms with van der Waals surface area (Å²) in [5.74, 6) is 3.14. The fourth-order valence-corrected chi connectivity index (χ4v) is 5.94. The van der Waals surface area contributed by atoms with Crippen LogP contribution in [0.3, 0.4) is 0 Å². The first kappa shape index (κ1) is 23.5. The van der Waals surface area contributed by atoms with Crippen LogP contribution in [0.25, 0.3) is 0 Å². The normalized spacial score (nSPS) is 19.4. The van der Waals surface area contributed by atoms with Gasteiger partial charge in [0.05, 0.1) is 20.6 Å². The van der Waals surface area contributed by atoms with Crippen LogP contribution in [0.4, 0.5) is 0 Å². The lowest BCUT2D eigenvalue weighted by atomic mass is 9.76. The average Bonchev–Trinajstić information content (AvgIpc) is 3.37. The predicted molar refractivity (Wildman–Crippen MR) is 137 cm³/mol. The molecule has 37 heavy (non-hydrogen) atoms. The van der Waals surface area contributed by atoms with E-state index < -0.39 is 0 Å². The Hall–Kier alpha value is -3.91. The van der Waals surface area contributed by atoms with Gasteiger partial charge in [-0.3, -0.25) is 9.69 Å². The molecular formula is C29H30N2O6. The minimum Gasteiger partial charge on any atom is -0.508 e. The minimum absolute atomic E-state index is 0.00764. The number of nitrogens with zero attached hydrogens (tertiary/aromatic N) is 1. The Morgan fingerprint density at radius 2 is 1.84 bits per heavy atom. The van der Waals surface area contributed by atoms with Crippen molar-refractivity contribution in [3.63, 3.8) is 0 Å². The number of carbonyl (C=O) groups is 1. The maximum Gasteiger partial charge on any atom is 0.231 e. The summed E-state index contributed by atoms with van der Waals surface area (Å²) in [5, 5.41) is 12.7. The first-order chi connectivity index (χ1) is 18.1. The van der Waals surface area contributed by atoms with Gasteiger partial charge in [0.15, 0.2) is 23.0 Å². The van der Waals surface area contributed by atoms with Gasteiger partial charge in [0.2, 0.25) is 12.7 Å². The van der Waals surface area contributed by atoms with Gasteiger partial charge in [-0.05, 0) is 59.0 Å². The Morgan fingerprint density at radius 3 is 2.59 bits per heavy atom. The number of hydrogen-bond donors (Lipinski definition) is 2. The van der Waals surface area contributed by atoms with E-state index in [0.29, 0.717) is 12.3 Å². The fourth-order valence-electron chi connectivity index (χ4n) is 5.94. The number of phenols is 1. The highest BCUT2D eigenvalue weighted by molar-refractivity contribution is 5.78. The summed E-state index contributed by atoms with van der Waals surface area (Å²) in [7, 11) is 3.32. The molecule has 0 spiro atoms. The lowest BCUT2D eigenvalue weighted by Gasteiger charge is -2.46. The van der Waals surface area contributed by atoms with Gasteiger partial charge in [-0.25, -0.2) is 0 Å². The molecular weight excluding hydrogens is 472 g/mol. The van der Waals surface area contributed by atoms with Crippen molar-refractivity contribution in [3.8, 4) is 28.7 Å². The molecule has 0 bridgehead atoms. The summed E-state index contributed by atoms with van der Waals surface area (Å²) < 4.78 is 22.8. The topological polar surface area (TPSA) is 89.5 Å². The highest BCUT2D eigenvalue weighted by Gasteiger charge is 2.42. The van der Waals surface area contributed by atoms with Crippen LogP contribution in [0.5, 0.6) is 28.7 Å². The fraction of sp³-hybridized carbons (Fsp3) is 0.345. The first-order valence-corrected chi connectivity index (χ1v) is 12.5. The van der Waals surface area contributed by atoms with Crippen LogP contribution in [0, 0.1) is 0 Å². The molecule has 8 nitrogen and oxygen atoms in total. The molecule has 2 N–H and O–H groups in total. The molecule has 0 saturated heterocycles. The summed E-state index contributed by atoms with van der Waals surface area (Å²) in [6.07, 6.45) is 1.15. The third-order valence-corrected chi connectivity index (χ3v) is 7.66. The van der Waals surface area contributed by atoms with Crippen molar-refractivity contribution in [2.45, 2.75) is 31.3 Å². The van der Waals surface area contributed by atoms with E-state index >= 15 is 0 Å². The van der Waals surface area contributed by atoms with E-state index in [0.717, 1.165) is 53.4 Å². The Balaban J connectivity index is 1.36. The van der Waals surface area contributed by atoms with Crippen molar-refractivity contribution in [2.75, 3.05) is 34.1 Å². The van der Waals surface area contributed by atoms with Crippen LogP contribution in [0.2, 0.25) is 0 Å². The quantitative estimate of drug-likeness (QED) is 0.531. The lowest BCUT2D eigenvalue weighted by Crippen LogP contribution is -2.45. The van der Waals surface area contributed by atoms with E-state index in [4.69, 9.17) is 18.9 Å². The Bertz CT molecular complexity index is 1340. The maximum absolute atomic E-state index is 13.0. The molecule has 3 aromatic rings. The first-order valence-electron chi connectivity index (χ1n) is 12.5. The molecule has 3 aromatic carbocycles. The molecule has 0 fully saturated rings. The van der Waals surface area contributed by atoms with Gasteiger partial charge >= 0.3 is 0 Å². The molecule has 0 radical (unpaired) electrons. The minimum atomic E-state index is -0.0634. The van der Waals surface area contributed by atoms with Crippen LogP contribution < -0.4 is 24.3 Å². The van der Waals surface area contributed by atoms with E-state index in [9.17, 15) is 9.90 Å². The molecule has 8 heteroatoms. The second-order valence-electron chi connectivity index (χ2n) is 9.69. The molecule has 2 atom stereocenters. The second-order valence-corrected chi connectivity index (χ2v) is 9.69. The van der Waals surface area contributed by atoms with E-state index in [1.165, 1.54) is 11.1 Å². The Morgan fingerprint density at radius 1 is 1.05 bits per heavy atom. The smallest absolute Gasteiger partial charge is 0.231 e. The molecule has 3 aliphatic heterocycles. The second kappa shape index (κ2) is 9.52. The number of carbonyl (C=O) groups excluding carboxylic acids is 1. The summed E-state index contributed by atoms with van der Waals surface area (Å²) in [6, 6.07) is 15.1. The molecule has 6 rings (SSSR count). The third kappa shape index (κ3) is 4.21. The number of amides is 1. The Labute approximate surface area is 215 Å². The van der Waals surface area contributed by atoms with Gasteiger partial charge in [0.25, 0.3) is 0 Å². The van der Waals surface area contributed by atoms with E-state index in [2.05, 4.69) is 28.4 Å². The van der Waals surface area contributed by atoms with Crippen LogP contribution in [0.15, 0.2) is 48.5 Å². The van der Waals surface area contributed by atoms with Crippen molar-refractivity contribution in [2.24, 2.45) is 0 Å². The average molecular weight is 503 g/mol. The number of nitrogens with one attached hydrogen (secondary N) is 1. The zero-order valence-corrected chi connectivity index (χ0v) is 21.0. The molecule has 1 amide bonds. The lowest BCUT2D eigenvalue weighted by molar-refractivity contribution is -0.120. The summed E-state index contributed by atoms with van der Waals surface area (Å²) >= 11 is 0. The third-order valence-electron chi connectivity index (χ3n) is 7.66.